The van der Waals surface area contributed by atoms with Crippen LogP contribution in [0.3, 0.4) is 0 Å². The number of carbonyl (C=O) groups is 1. The van der Waals surface area contributed by atoms with Crippen molar-refractivity contribution in [3.05, 3.63) is 103 Å². The second kappa shape index (κ2) is 12.4. The summed E-state index contributed by atoms with van der Waals surface area (Å²) in [5.74, 6) is 0.403. The van der Waals surface area contributed by atoms with Crippen LogP contribution in [0.5, 0.6) is 5.75 Å². The van der Waals surface area contributed by atoms with Crippen LogP contribution in [0, 0.1) is 14.9 Å². The van der Waals surface area contributed by atoms with Crippen molar-refractivity contribution < 1.29 is 9.53 Å². The molecule has 0 saturated carbocycles. The van der Waals surface area contributed by atoms with Gasteiger partial charge in [-0.25, -0.2) is 0 Å². The number of benzene rings is 3. The number of amides is 1. The maximum Gasteiger partial charge on any atom is 0.261 e. The van der Waals surface area contributed by atoms with Crippen LogP contribution < -0.4 is 10.1 Å². The SMILES string of the molecule is N#C/C(=C/c1ccc(OCc2ccc(Br)cc2)c(I)c1)C(=O)NCCCc1ccccc1. The zero-order valence-corrected chi connectivity index (χ0v) is 21.1. The third kappa shape index (κ3) is 7.50. The topological polar surface area (TPSA) is 62.1 Å². The summed E-state index contributed by atoms with van der Waals surface area (Å²) in [6.45, 7) is 0.987. The molecule has 0 unspecified atom stereocenters. The first kappa shape index (κ1) is 24.0. The molecule has 3 aromatic carbocycles. The Labute approximate surface area is 210 Å². The summed E-state index contributed by atoms with van der Waals surface area (Å²) in [5.41, 5.74) is 3.17. The average Bonchev–Trinajstić information content (AvgIpc) is 2.81. The van der Waals surface area contributed by atoms with Crippen LogP contribution in [0.1, 0.15) is 23.1 Å². The summed E-state index contributed by atoms with van der Waals surface area (Å²) in [4.78, 5) is 12.4. The second-order valence-electron chi connectivity index (χ2n) is 7.12. The number of ether oxygens (including phenoxy) is 1. The minimum Gasteiger partial charge on any atom is -0.488 e. The Balaban J connectivity index is 1.55. The highest BCUT2D eigenvalue weighted by atomic mass is 127. The molecule has 0 atom stereocenters. The van der Waals surface area contributed by atoms with Crippen molar-refractivity contribution in [1.29, 1.82) is 5.26 Å². The third-order valence-corrected chi connectivity index (χ3v) is 6.08. The van der Waals surface area contributed by atoms with Crippen LogP contribution in [0.15, 0.2) is 82.8 Å². The van der Waals surface area contributed by atoms with Crippen LogP contribution in [0.2, 0.25) is 0 Å². The largest absolute Gasteiger partial charge is 0.488 e. The maximum absolute atomic E-state index is 12.4. The number of nitriles is 1. The van der Waals surface area contributed by atoms with Gasteiger partial charge in [0.25, 0.3) is 5.91 Å². The van der Waals surface area contributed by atoms with E-state index in [-0.39, 0.29) is 11.5 Å². The lowest BCUT2D eigenvalue weighted by molar-refractivity contribution is -0.117. The quantitative estimate of drug-likeness (QED) is 0.136. The minimum absolute atomic E-state index is 0.0871. The van der Waals surface area contributed by atoms with E-state index in [1.54, 1.807) is 6.08 Å². The number of hydrogen-bond acceptors (Lipinski definition) is 3. The van der Waals surface area contributed by atoms with Gasteiger partial charge in [-0.1, -0.05) is 64.5 Å². The van der Waals surface area contributed by atoms with Gasteiger partial charge in [0.1, 0.15) is 24.0 Å². The van der Waals surface area contributed by atoms with Crippen molar-refractivity contribution >= 4 is 50.5 Å². The molecule has 0 heterocycles. The average molecular weight is 601 g/mol. The predicted molar refractivity (Wildman–Crippen MR) is 139 cm³/mol. The molecule has 0 aromatic heterocycles. The molecular formula is C26H22BrIN2O2. The second-order valence-corrected chi connectivity index (χ2v) is 9.20. The van der Waals surface area contributed by atoms with E-state index in [2.05, 4.69) is 56.0 Å². The molecule has 1 N–H and O–H groups in total. The molecule has 0 bridgehead atoms. The first-order valence-corrected chi connectivity index (χ1v) is 12.0. The number of rotatable bonds is 9. The van der Waals surface area contributed by atoms with Gasteiger partial charge in [0.2, 0.25) is 0 Å². The van der Waals surface area contributed by atoms with Gasteiger partial charge in [-0.05, 0) is 82.5 Å². The van der Waals surface area contributed by atoms with Crippen molar-refractivity contribution in [1.82, 2.24) is 5.32 Å². The summed E-state index contributed by atoms with van der Waals surface area (Å²) in [6.07, 6.45) is 3.30. The first-order valence-electron chi connectivity index (χ1n) is 10.2. The zero-order chi connectivity index (χ0) is 22.8. The fourth-order valence-electron chi connectivity index (χ4n) is 3.02. The molecule has 3 aromatic rings. The van der Waals surface area contributed by atoms with Gasteiger partial charge in [-0.2, -0.15) is 5.26 Å². The van der Waals surface area contributed by atoms with Crippen molar-refractivity contribution in [3.8, 4) is 11.8 Å². The molecule has 0 spiro atoms. The smallest absolute Gasteiger partial charge is 0.261 e. The number of aryl methyl sites for hydroxylation is 1. The summed E-state index contributed by atoms with van der Waals surface area (Å²) in [6, 6.07) is 25.7. The van der Waals surface area contributed by atoms with Crippen LogP contribution in [-0.2, 0) is 17.8 Å². The van der Waals surface area contributed by atoms with Crippen molar-refractivity contribution in [2.75, 3.05) is 6.54 Å². The predicted octanol–water partition coefficient (Wildman–Crippen LogP) is 6.29. The van der Waals surface area contributed by atoms with E-state index in [1.165, 1.54) is 5.56 Å². The van der Waals surface area contributed by atoms with E-state index < -0.39 is 0 Å². The molecule has 0 aliphatic heterocycles. The zero-order valence-electron chi connectivity index (χ0n) is 17.4. The fourth-order valence-corrected chi connectivity index (χ4v) is 3.97. The maximum atomic E-state index is 12.4. The number of carbonyl (C=O) groups excluding carboxylic acids is 1. The van der Waals surface area contributed by atoms with E-state index in [0.717, 1.165) is 37.8 Å². The van der Waals surface area contributed by atoms with Crippen LogP contribution in [-0.4, -0.2) is 12.5 Å². The van der Waals surface area contributed by atoms with Crippen molar-refractivity contribution in [3.63, 3.8) is 0 Å². The van der Waals surface area contributed by atoms with Crippen molar-refractivity contribution in [2.24, 2.45) is 0 Å². The molecule has 4 nitrogen and oxygen atoms in total. The number of hydrogen-bond donors (Lipinski definition) is 1. The summed E-state index contributed by atoms with van der Waals surface area (Å²) < 4.78 is 7.85. The van der Waals surface area contributed by atoms with Crippen LogP contribution >= 0.6 is 38.5 Å². The highest BCUT2D eigenvalue weighted by molar-refractivity contribution is 14.1. The molecule has 6 heteroatoms. The lowest BCUT2D eigenvalue weighted by atomic mass is 10.1. The number of nitrogens with one attached hydrogen (secondary N) is 1. The van der Waals surface area contributed by atoms with E-state index >= 15 is 0 Å². The van der Waals surface area contributed by atoms with Crippen LogP contribution in [0.25, 0.3) is 6.08 Å². The summed E-state index contributed by atoms with van der Waals surface area (Å²) in [5, 5.41) is 12.3. The van der Waals surface area contributed by atoms with Gasteiger partial charge < -0.3 is 10.1 Å². The standard InChI is InChI=1S/C26H22BrIN2O2/c27-23-11-8-20(9-12-23)18-32-25-13-10-21(16-24(25)28)15-22(17-29)26(31)30-14-4-7-19-5-2-1-3-6-19/h1-3,5-6,8-13,15-16H,4,7,14,18H2,(H,30,31)/b22-15-. The highest BCUT2D eigenvalue weighted by Gasteiger charge is 2.10. The van der Waals surface area contributed by atoms with E-state index in [0.29, 0.717) is 13.2 Å². The summed E-state index contributed by atoms with van der Waals surface area (Å²) in [7, 11) is 0. The normalized spacial score (nSPS) is 11.0. The van der Waals surface area contributed by atoms with Gasteiger partial charge in [-0.3, -0.25) is 4.79 Å². The molecule has 162 valence electrons. The Hall–Kier alpha value is -2.63. The Bertz CT molecular complexity index is 1120. The van der Waals surface area contributed by atoms with Gasteiger partial charge in [0.05, 0.1) is 3.57 Å². The highest BCUT2D eigenvalue weighted by Crippen LogP contribution is 2.24. The van der Waals surface area contributed by atoms with Gasteiger partial charge >= 0.3 is 0 Å². The molecule has 0 radical (unpaired) electrons. The third-order valence-electron chi connectivity index (χ3n) is 4.71. The molecule has 0 aliphatic rings. The molecule has 3 rings (SSSR count). The van der Waals surface area contributed by atoms with E-state index in [1.807, 2.05) is 66.7 Å². The van der Waals surface area contributed by atoms with Gasteiger partial charge in [0, 0.05) is 11.0 Å². The Kier molecular flexibility index (Phi) is 9.32. The molecule has 0 aliphatic carbocycles. The minimum atomic E-state index is -0.355. The fraction of sp³-hybridized carbons (Fsp3) is 0.154. The monoisotopic (exact) mass is 600 g/mol. The van der Waals surface area contributed by atoms with Gasteiger partial charge in [0.15, 0.2) is 0 Å². The molecule has 0 fully saturated rings. The molecular weight excluding hydrogens is 579 g/mol. The lowest BCUT2D eigenvalue weighted by Crippen LogP contribution is -2.25. The molecule has 32 heavy (non-hydrogen) atoms. The molecule has 1 amide bonds. The summed E-state index contributed by atoms with van der Waals surface area (Å²) >= 11 is 5.62. The Morgan fingerprint density at radius 1 is 1.06 bits per heavy atom. The number of nitrogens with zero attached hydrogens (tertiary/aromatic N) is 1. The van der Waals surface area contributed by atoms with Gasteiger partial charge in [-0.15, -0.1) is 0 Å². The lowest BCUT2D eigenvalue weighted by Gasteiger charge is -2.09. The van der Waals surface area contributed by atoms with E-state index in [4.69, 9.17) is 4.74 Å². The Morgan fingerprint density at radius 2 is 1.81 bits per heavy atom. The molecule has 0 saturated heterocycles. The van der Waals surface area contributed by atoms with Crippen molar-refractivity contribution in [2.45, 2.75) is 19.4 Å². The Morgan fingerprint density at radius 3 is 2.50 bits per heavy atom. The first-order chi connectivity index (χ1) is 15.5. The van der Waals surface area contributed by atoms with E-state index in [9.17, 15) is 10.1 Å². The number of halogens is 2. The van der Waals surface area contributed by atoms with Crippen LogP contribution in [0.4, 0.5) is 0 Å².